The van der Waals surface area contributed by atoms with Crippen molar-refractivity contribution in [2.45, 2.75) is 13.8 Å². The van der Waals surface area contributed by atoms with Gasteiger partial charge in [-0.25, -0.2) is 0 Å². The largest absolute Gasteiger partial charge is 0.0622 e. The van der Waals surface area contributed by atoms with Gasteiger partial charge in [0.2, 0.25) is 0 Å². The summed E-state index contributed by atoms with van der Waals surface area (Å²) in [5.74, 6) is 13.2. The summed E-state index contributed by atoms with van der Waals surface area (Å²) < 4.78 is 0. The predicted octanol–water partition coefficient (Wildman–Crippen LogP) is 7.41. The fourth-order valence-electron chi connectivity index (χ4n) is 4.08. The van der Waals surface area contributed by atoms with Crippen molar-refractivity contribution in [1.82, 2.24) is 0 Å². The average molecular weight is 407 g/mol. The average Bonchev–Trinajstić information content (AvgIpc) is 2.86. The summed E-state index contributed by atoms with van der Waals surface area (Å²) in [6, 6.07) is 33.3. The fourth-order valence-corrected chi connectivity index (χ4v) is 4.08. The van der Waals surface area contributed by atoms with E-state index >= 15 is 0 Å². The van der Waals surface area contributed by atoms with Crippen molar-refractivity contribution in [3.05, 3.63) is 130 Å². The molecule has 0 saturated heterocycles. The Hall–Kier alpha value is -4.26. The molecule has 0 unspecified atom stereocenters. The van der Waals surface area contributed by atoms with Gasteiger partial charge in [-0.1, -0.05) is 72.2 Å². The zero-order valence-corrected chi connectivity index (χ0v) is 18.2. The van der Waals surface area contributed by atoms with E-state index in [1.165, 1.54) is 32.7 Å². The van der Waals surface area contributed by atoms with E-state index in [0.29, 0.717) is 0 Å². The van der Waals surface area contributed by atoms with E-state index in [-0.39, 0.29) is 0 Å². The molecule has 0 radical (unpaired) electrons. The van der Waals surface area contributed by atoms with Crippen molar-refractivity contribution in [2.75, 3.05) is 0 Å². The van der Waals surface area contributed by atoms with Crippen LogP contribution in [0.4, 0.5) is 0 Å². The molecule has 5 rings (SSSR count). The Labute approximate surface area is 189 Å². The number of hydrogen-bond donors (Lipinski definition) is 0. The highest BCUT2D eigenvalue weighted by Gasteiger charge is 2.09. The van der Waals surface area contributed by atoms with Crippen molar-refractivity contribution >= 4 is 21.5 Å². The Morgan fingerprint density at radius 1 is 0.375 bits per heavy atom. The van der Waals surface area contributed by atoms with E-state index in [9.17, 15) is 0 Å². The van der Waals surface area contributed by atoms with Crippen LogP contribution in [-0.4, -0.2) is 0 Å². The molecule has 5 aromatic carbocycles. The maximum absolute atomic E-state index is 3.34. The predicted molar refractivity (Wildman–Crippen MR) is 136 cm³/mol. The molecular weight excluding hydrogens is 384 g/mol. The van der Waals surface area contributed by atoms with Crippen LogP contribution in [0.2, 0.25) is 0 Å². The smallest absolute Gasteiger partial charge is 0.0255 e. The monoisotopic (exact) mass is 406 g/mol. The van der Waals surface area contributed by atoms with E-state index in [1.807, 2.05) is 60.7 Å². The van der Waals surface area contributed by atoms with Gasteiger partial charge in [0.25, 0.3) is 0 Å². The van der Waals surface area contributed by atoms with Gasteiger partial charge < -0.3 is 0 Å². The van der Waals surface area contributed by atoms with Crippen LogP contribution in [-0.2, 0) is 0 Å². The van der Waals surface area contributed by atoms with Crippen molar-refractivity contribution in [2.24, 2.45) is 0 Å². The molecule has 0 N–H and O–H groups in total. The Bertz CT molecular complexity index is 1440. The topological polar surface area (TPSA) is 0 Å². The van der Waals surface area contributed by atoms with Gasteiger partial charge in [-0.3, -0.25) is 0 Å². The Morgan fingerprint density at radius 2 is 0.750 bits per heavy atom. The molecule has 32 heavy (non-hydrogen) atoms. The molecule has 0 nitrogen and oxygen atoms in total. The van der Waals surface area contributed by atoms with Crippen molar-refractivity contribution in [3.8, 4) is 23.7 Å². The normalized spacial score (nSPS) is 10.3. The third-order valence-electron chi connectivity index (χ3n) is 5.95. The molecule has 0 aromatic heterocycles. The molecule has 0 aliphatic heterocycles. The van der Waals surface area contributed by atoms with Gasteiger partial charge in [0.15, 0.2) is 0 Å². The van der Waals surface area contributed by atoms with Gasteiger partial charge in [-0.05, 0) is 95.1 Å². The van der Waals surface area contributed by atoms with Crippen LogP contribution in [0.1, 0.15) is 33.4 Å². The number of fused-ring (bicyclic) bond motifs is 3. The minimum Gasteiger partial charge on any atom is -0.0622 e. The summed E-state index contributed by atoms with van der Waals surface area (Å²) in [4.78, 5) is 0. The van der Waals surface area contributed by atoms with Crippen LogP contribution in [0, 0.1) is 37.5 Å². The number of hydrogen-bond acceptors (Lipinski definition) is 0. The second kappa shape index (κ2) is 8.47. The van der Waals surface area contributed by atoms with Gasteiger partial charge in [-0.2, -0.15) is 0 Å². The first kappa shape index (κ1) is 19.7. The van der Waals surface area contributed by atoms with Gasteiger partial charge in [0, 0.05) is 22.3 Å². The van der Waals surface area contributed by atoms with Crippen LogP contribution >= 0.6 is 0 Å². The maximum atomic E-state index is 3.34. The standard InChI is InChI=1S/C32H22/c1-23-24(2)30-20-18-28(16-14-26-11-7-4-8-12-26)22-32(30)31-21-27(17-19-29(23)31)15-13-25-9-5-3-6-10-25/h3-12,17-22H,1-2H3. The first-order chi connectivity index (χ1) is 15.7. The Morgan fingerprint density at radius 3 is 1.16 bits per heavy atom. The third kappa shape index (κ3) is 3.88. The fraction of sp³-hybridized carbons (Fsp3) is 0.0625. The summed E-state index contributed by atoms with van der Waals surface area (Å²) in [7, 11) is 0. The van der Waals surface area contributed by atoms with Crippen LogP contribution in [0.15, 0.2) is 97.1 Å². The van der Waals surface area contributed by atoms with Crippen molar-refractivity contribution < 1.29 is 0 Å². The zero-order valence-electron chi connectivity index (χ0n) is 18.2. The van der Waals surface area contributed by atoms with Crippen LogP contribution in [0.5, 0.6) is 0 Å². The molecule has 0 aliphatic carbocycles. The highest BCUT2D eigenvalue weighted by molar-refractivity contribution is 6.11. The second-order valence-corrected chi connectivity index (χ2v) is 8.00. The van der Waals surface area contributed by atoms with E-state index < -0.39 is 0 Å². The third-order valence-corrected chi connectivity index (χ3v) is 5.95. The maximum Gasteiger partial charge on any atom is 0.0255 e. The van der Waals surface area contributed by atoms with E-state index in [1.54, 1.807) is 0 Å². The summed E-state index contributed by atoms with van der Waals surface area (Å²) in [6.45, 7) is 4.41. The molecule has 0 heteroatoms. The first-order valence-corrected chi connectivity index (χ1v) is 10.8. The van der Waals surface area contributed by atoms with Gasteiger partial charge in [0.1, 0.15) is 0 Å². The van der Waals surface area contributed by atoms with Crippen molar-refractivity contribution in [1.29, 1.82) is 0 Å². The molecule has 150 valence electrons. The van der Waals surface area contributed by atoms with Crippen molar-refractivity contribution in [3.63, 3.8) is 0 Å². The lowest BCUT2D eigenvalue weighted by Gasteiger charge is -2.13. The van der Waals surface area contributed by atoms with Gasteiger partial charge >= 0.3 is 0 Å². The molecule has 0 fully saturated rings. The first-order valence-electron chi connectivity index (χ1n) is 10.8. The molecule has 0 saturated carbocycles. The molecule has 0 aliphatic rings. The highest BCUT2D eigenvalue weighted by Crippen LogP contribution is 2.33. The molecule has 0 amide bonds. The quantitative estimate of drug-likeness (QED) is 0.185. The second-order valence-electron chi connectivity index (χ2n) is 8.00. The molecular formula is C32H22. The lowest BCUT2D eigenvalue weighted by atomic mass is 9.91. The number of aryl methyl sites for hydroxylation is 2. The minimum atomic E-state index is 1.02. The lowest BCUT2D eigenvalue weighted by Crippen LogP contribution is -1.90. The number of rotatable bonds is 0. The summed E-state index contributed by atoms with van der Waals surface area (Å²) in [5, 5.41) is 5.00. The SMILES string of the molecule is Cc1c(C)c2ccc(C#Cc3ccccc3)cc2c2cc(C#Cc3ccccc3)ccc12. The van der Waals surface area contributed by atoms with Crippen LogP contribution in [0.3, 0.4) is 0 Å². The zero-order chi connectivity index (χ0) is 21.9. The summed E-state index contributed by atoms with van der Waals surface area (Å²) in [5.41, 5.74) is 6.72. The highest BCUT2D eigenvalue weighted by atomic mass is 14.1. The number of benzene rings is 5. The van der Waals surface area contributed by atoms with Crippen LogP contribution < -0.4 is 0 Å². The summed E-state index contributed by atoms with van der Waals surface area (Å²) in [6.07, 6.45) is 0. The summed E-state index contributed by atoms with van der Waals surface area (Å²) >= 11 is 0. The molecule has 5 aromatic rings. The lowest BCUT2D eigenvalue weighted by molar-refractivity contribution is 1.41. The molecule has 0 bridgehead atoms. The van der Waals surface area contributed by atoms with Gasteiger partial charge in [-0.15, -0.1) is 0 Å². The molecule has 0 spiro atoms. The minimum absolute atomic E-state index is 1.02. The van der Waals surface area contributed by atoms with E-state index in [0.717, 1.165) is 22.3 Å². The Kier molecular flexibility index (Phi) is 5.21. The van der Waals surface area contributed by atoms with Crippen LogP contribution in [0.25, 0.3) is 21.5 Å². The van der Waals surface area contributed by atoms with E-state index in [4.69, 9.17) is 0 Å². The van der Waals surface area contributed by atoms with E-state index in [2.05, 4.69) is 73.9 Å². The molecule has 0 heterocycles. The van der Waals surface area contributed by atoms with Gasteiger partial charge in [0.05, 0.1) is 0 Å². The molecule has 0 atom stereocenters. The Balaban J connectivity index is 1.66.